The standard InChI is InChI=1S/C22H28F6O4.C4H6.C3H8.C2H6/c1-6-7-16(20(3,4)5)14-8-10-15(11-9-14)18(30)31-12-13(2)17(29)32-19(21(23,24)25)22(26,27)28;1-3-4-2;1-3-2;1-2/h8-11,13,16,19H,6-7,12H2,1-5H3;3-4H,1-2H2;3H2,1-2H3;1-2H3. The maximum absolute atomic E-state index is 12.5. The molecule has 1 aromatic rings. The summed E-state index contributed by atoms with van der Waals surface area (Å²) in [5.74, 6) is -3.91. The Morgan fingerprint density at radius 3 is 1.61 bits per heavy atom. The number of benzene rings is 1. The van der Waals surface area contributed by atoms with Crippen molar-refractivity contribution < 1.29 is 45.4 Å². The van der Waals surface area contributed by atoms with Gasteiger partial charge in [0, 0.05) is 0 Å². The lowest BCUT2D eigenvalue weighted by atomic mass is 9.74. The van der Waals surface area contributed by atoms with Crippen LogP contribution in [0.4, 0.5) is 26.3 Å². The van der Waals surface area contributed by atoms with E-state index in [1.807, 2.05) is 13.8 Å². The molecule has 0 heterocycles. The summed E-state index contributed by atoms with van der Waals surface area (Å²) in [6.07, 6.45) is -9.41. The van der Waals surface area contributed by atoms with Crippen molar-refractivity contribution in [2.24, 2.45) is 11.3 Å². The maximum atomic E-state index is 12.5. The van der Waals surface area contributed by atoms with Gasteiger partial charge in [-0.25, -0.2) is 4.79 Å². The van der Waals surface area contributed by atoms with Crippen LogP contribution in [0.3, 0.4) is 0 Å². The van der Waals surface area contributed by atoms with Gasteiger partial charge in [0.15, 0.2) is 0 Å². The van der Waals surface area contributed by atoms with Crippen LogP contribution < -0.4 is 0 Å². The van der Waals surface area contributed by atoms with E-state index in [0.29, 0.717) is 0 Å². The van der Waals surface area contributed by atoms with Gasteiger partial charge in [0.05, 0.1) is 11.5 Å². The molecule has 4 nitrogen and oxygen atoms in total. The van der Waals surface area contributed by atoms with Gasteiger partial charge in [0.25, 0.3) is 6.10 Å². The highest BCUT2D eigenvalue weighted by atomic mass is 19.4. The third kappa shape index (κ3) is 18.3. The van der Waals surface area contributed by atoms with Gasteiger partial charge in [-0.1, -0.05) is 106 Å². The van der Waals surface area contributed by atoms with Crippen LogP contribution in [0.25, 0.3) is 0 Å². The fourth-order valence-electron chi connectivity index (χ4n) is 3.14. The molecular weight excluding hydrogens is 550 g/mol. The predicted octanol–water partition coefficient (Wildman–Crippen LogP) is 10.2. The minimum absolute atomic E-state index is 0.00147. The molecule has 10 heteroatoms. The minimum Gasteiger partial charge on any atom is -0.461 e. The van der Waals surface area contributed by atoms with Gasteiger partial charge >= 0.3 is 24.3 Å². The first kappa shape index (κ1) is 42.7. The molecule has 0 saturated heterocycles. The third-order valence-electron chi connectivity index (χ3n) is 5.03. The smallest absolute Gasteiger partial charge is 0.434 e. The number of rotatable bonds is 9. The maximum Gasteiger partial charge on any atom is 0.434 e. The fraction of sp³-hybridized carbons (Fsp3) is 0.613. The molecule has 0 aliphatic carbocycles. The van der Waals surface area contributed by atoms with E-state index >= 15 is 0 Å². The van der Waals surface area contributed by atoms with Crippen LogP contribution in [0.5, 0.6) is 0 Å². The molecular formula is C31H48F6O4. The van der Waals surface area contributed by atoms with Gasteiger partial charge in [-0.15, -0.1) is 0 Å². The normalized spacial score (nSPS) is 12.6. The number of allylic oxidation sites excluding steroid dienone is 2. The second-order valence-electron chi connectivity index (χ2n) is 9.91. The van der Waals surface area contributed by atoms with Crippen molar-refractivity contribution in [3.8, 4) is 0 Å². The summed E-state index contributed by atoms with van der Waals surface area (Å²) in [5.41, 5.74) is 1.17. The third-order valence-corrected chi connectivity index (χ3v) is 5.03. The summed E-state index contributed by atoms with van der Waals surface area (Å²) >= 11 is 0. The van der Waals surface area contributed by atoms with Gasteiger partial charge in [-0.05, 0) is 42.4 Å². The second kappa shape index (κ2) is 21.0. The van der Waals surface area contributed by atoms with Crippen LogP contribution in [-0.4, -0.2) is 37.0 Å². The van der Waals surface area contributed by atoms with Crippen LogP contribution in [-0.2, 0) is 14.3 Å². The molecule has 238 valence electrons. The van der Waals surface area contributed by atoms with Gasteiger partial charge < -0.3 is 9.47 Å². The SMILES string of the molecule is C=CC=C.CC.CCC.CCCC(c1ccc(C(=O)OCC(C)C(=O)OC(C(F)(F)F)C(F)(F)F)cc1)C(C)(C)C. The number of alkyl halides is 6. The Kier molecular flexibility index (Phi) is 21.9. The van der Waals surface area contributed by atoms with Crippen LogP contribution >= 0.6 is 0 Å². The zero-order valence-electron chi connectivity index (χ0n) is 25.8. The second-order valence-corrected chi connectivity index (χ2v) is 9.91. The Balaban J connectivity index is -0.00000141. The molecule has 1 rings (SSSR count). The highest BCUT2D eigenvalue weighted by Crippen LogP contribution is 2.39. The van der Waals surface area contributed by atoms with Gasteiger partial charge in [-0.2, -0.15) is 26.3 Å². The molecule has 0 bridgehead atoms. The number of esters is 2. The lowest BCUT2D eigenvalue weighted by molar-refractivity contribution is -0.314. The first-order valence-corrected chi connectivity index (χ1v) is 13.7. The molecule has 2 atom stereocenters. The van der Waals surface area contributed by atoms with Crippen LogP contribution in [0.1, 0.15) is 103 Å². The number of hydrogen-bond acceptors (Lipinski definition) is 4. The van der Waals surface area contributed by atoms with E-state index in [1.165, 1.54) is 18.6 Å². The minimum atomic E-state index is -5.81. The average molecular weight is 599 g/mol. The van der Waals surface area contributed by atoms with Gasteiger partial charge in [-0.3, -0.25) is 4.79 Å². The van der Waals surface area contributed by atoms with Gasteiger partial charge in [0.2, 0.25) is 0 Å². The quantitative estimate of drug-likeness (QED) is 0.161. The first-order valence-electron chi connectivity index (χ1n) is 13.7. The van der Waals surface area contributed by atoms with Crippen molar-refractivity contribution in [2.75, 3.05) is 6.61 Å². The monoisotopic (exact) mass is 598 g/mol. The Bertz CT molecular complexity index is 849. The van der Waals surface area contributed by atoms with Gasteiger partial charge in [0.1, 0.15) is 6.61 Å². The molecule has 0 aliphatic rings. The van der Waals surface area contributed by atoms with E-state index < -0.39 is 42.9 Å². The fourth-order valence-corrected chi connectivity index (χ4v) is 3.14. The van der Waals surface area contributed by atoms with E-state index in [1.54, 1.807) is 24.3 Å². The van der Waals surface area contributed by atoms with E-state index in [0.717, 1.165) is 25.3 Å². The van der Waals surface area contributed by atoms with E-state index in [4.69, 9.17) is 4.74 Å². The average Bonchev–Trinajstić information content (AvgIpc) is 2.88. The van der Waals surface area contributed by atoms with Crippen molar-refractivity contribution in [1.29, 1.82) is 0 Å². The number of carbonyl (C=O) groups excluding carboxylic acids is 2. The molecule has 0 aliphatic heterocycles. The van der Waals surface area contributed by atoms with E-state index in [9.17, 15) is 35.9 Å². The molecule has 0 aromatic heterocycles. The van der Waals surface area contributed by atoms with Crippen molar-refractivity contribution in [3.05, 3.63) is 60.7 Å². The predicted molar refractivity (Wildman–Crippen MR) is 153 cm³/mol. The summed E-state index contributed by atoms with van der Waals surface area (Å²) in [5, 5.41) is 0. The zero-order valence-corrected chi connectivity index (χ0v) is 25.8. The molecule has 0 spiro atoms. The first-order chi connectivity index (χ1) is 18.8. The number of carbonyl (C=O) groups is 2. The molecule has 1 aromatic carbocycles. The highest BCUT2D eigenvalue weighted by Gasteiger charge is 2.60. The number of ether oxygens (including phenoxy) is 2. The largest absolute Gasteiger partial charge is 0.461 e. The van der Waals surface area contributed by atoms with Crippen molar-refractivity contribution in [3.63, 3.8) is 0 Å². The molecule has 0 amide bonds. The van der Waals surface area contributed by atoms with Crippen molar-refractivity contribution >= 4 is 11.9 Å². The van der Waals surface area contributed by atoms with Crippen molar-refractivity contribution in [2.45, 2.75) is 106 Å². The Morgan fingerprint density at radius 1 is 0.878 bits per heavy atom. The summed E-state index contributed by atoms with van der Waals surface area (Å²) in [7, 11) is 0. The summed E-state index contributed by atoms with van der Waals surface area (Å²) < 4.78 is 83.5. The summed E-state index contributed by atoms with van der Waals surface area (Å²) in [4.78, 5) is 23.8. The molecule has 41 heavy (non-hydrogen) atoms. The van der Waals surface area contributed by atoms with E-state index in [-0.39, 0.29) is 16.9 Å². The van der Waals surface area contributed by atoms with Crippen molar-refractivity contribution in [1.82, 2.24) is 0 Å². The number of halogens is 6. The Hall–Kier alpha value is -2.78. The summed E-state index contributed by atoms with van der Waals surface area (Å²) in [6.45, 7) is 23.6. The molecule has 0 radical (unpaired) electrons. The lowest BCUT2D eigenvalue weighted by Gasteiger charge is -2.31. The van der Waals surface area contributed by atoms with Crippen LogP contribution in [0.15, 0.2) is 49.6 Å². The molecule has 0 N–H and O–H groups in total. The Morgan fingerprint density at radius 2 is 1.29 bits per heavy atom. The molecule has 2 unspecified atom stereocenters. The van der Waals surface area contributed by atoms with Crippen LogP contribution in [0, 0.1) is 11.3 Å². The molecule has 0 fully saturated rings. The highest BCUT2D eigenvalue weighted by molar-refractivity contribution is 5.89. The van der Waals surface area contributed by atoms with E-state index in [2.05, 4.69) is 59.4 Å². The zero-order chi connectivity index (χ0) is 33.0. The number of hydrogen-bond donors (Lipinski definition) is 0. The topological polar surface area (TPSA) is 52.6 Å². The lowest BCUT2D eigenvalue weighted by Crippen LogP contribution is -2.46. The van der Waals surface area contributed by atoms with Crippen LogP contribution in [0.2, 0.25) is 0 Å². The summed E-state index contributed by atoms with van der Waals surface area (Å²) in [6, 6.07) is 6.60. The Labute approximate surface area is 242 Å². The molecule has 0 saturated carbocycles.